The van der Waals surface area contributed by atoms with E-state index in [9.17, 15) is 0 Å². The van der Waals surface area contributed by atoms with Gasteiger partial charge in [0.2, 0.25) is 0 Å². The summed E-state index contributed by atoms with van der Waals surface area (Å²) in [4.78, 5) is 9.15. The summed E-state index contributed by atoms with van der Waals surface area (Å²) in [7, 11) is 3.61. The van der Waals surface area contributed by atoms with Crippen LogP contribution in [0.3, 0.4) is 0 Å². The molecule has 3 heterocycles. The van der Waals surface area contributed by atoms with Gasteiger partial charge in [0.05, 0.1) is 24.5 Å². The van der Waals surface area contributed by atoms with E-state index >= 15 is 0 Å². The molecule has 3 aromatic heterocycles. The van der Waals surface area contributed by atoms with Gasteiger partial charge in [-0.15, -0.1) is 0 Å². The Kier molecular flexibility index (Phi) is 4.02. The first kappa shape index (κ1) is 14.5. The van der Waals surface area contributed by atoms with Crippen LogP contribution in [0.4, 0.5) is 0 Å². The van der Waals surface area contributed by atoms with Crippen LogP contribution in [0.2, 0.25) is 0 Å². The molecular weight excluding hydrogens is 278 g/mol. The lowest BCUT2D eigenvalue weighted by atomic mass is 10.2. The summed E-state index contributed by atoms with van der Waals surface area (Å²) in [6.45, 7) is 2.77. The molecule has 0 aliphatic heterocycles. The number of methoxy groups -OCH3 is 1. The van der Waals surface area contributed by atoms with Crippen molar-refractivity contribution in [2.75, 3.05) is 7.11 Å². The van der Waals surface area contributed by atoms with Crippen LogP contribution in [-0.4, -0.2) is 37.5 Å². The van der Waals surface area contributed by atoms with E-state index in [1.807, 2.05) is 50.8 Å². The van der Waals surface area contributed by atoms with Crippen LogP contribution in [0.5, 0.6) is 0 Å². The minimum Gasteiger partial charge on any atom is -0.380 e. The van der Waals surface area contributed by atoms with Crippen LogP contribution >= 0.6 is 0 Å². The maximum Gasteiger partial charge on any atom is 0.158 e. The Morgan fingerprint density at radius 3 is 2.82 bits per heavy atom. The van der Waals surface area contributed by atoms with Crippen molar-refractivity contribution in [2.24, 2.45) is 7.05 Å². The number of aryl methyl sites for hydroxylation is 1. The number of nitrogens with zero attached hydrogens (tertiary/aromatic N) is 5. The van der Waals surface area contributed by atoms with E-state index in [1.54, 1.807) is 18.0 Å². The molecule has 1 atom stereocenters. The minimum atomic E-state index is 0.120. The monoisotopic (exact) mass is 297 g/mol. The molecule has 0 amide bonds. The highest BCUT2D eigenvalue weighted by molar-refractivity contribution is 5.61. The molecule has 0 fully saturated rings. The van der Waals surface area contributed by atoms with E-state index in [4.69, 9.17) is 9.72 Å². The highest BCUT2D eigenvalue weighted by Crippen LogP contribution is 2.21. The van der Waals surface area contributed by atoms with Gasteiger partial charge in [-0.05, 0) is 19.1 Å². The quantitative estimate of drug-likeness (QED) is 0.725. The van der Waals surface area contributed by atoms with Gasteiger partial charge in [-0.25, -0.2) is 9.97 Å². The summed E-state index contributed by atoms with van der Waals surface area (Å²) >= 11 is 0. The summed E-state index contributed by atoms with van der Waals surface area (Å²) in [5.41, 5.74) is 2.72. The molecule has 22 heavy (non-hydrogen) atoms. The van der Waals surface area contributed by atoms with E-state index < -0.39 is 0 Å². The normalized spacial score (nSPS) is 12.5. The predicted molar refractivity (Wildman–Crippen MR) is 84.1 cm³/mol. The van der Waals surface area contributed by atoms with Crippen LogP contribution in [-0.2, 0) is 18.3 Å². The molecule has 114 valence electrons. The Hall–Kier alpha value is -2.47. The smallest absolute Gasteiger partial charge is 0.158 e. The third-order valence-electron chi connectivity index (χ3n) is 3.55. The van der Waals surface area contributed by atoms with Gasteiger partial charge in [-0.2, -0.15) is 5.10 Å². The summed E-state index contributed by atoms with van der Waals surface area (Å²) < 4.78 is 9.16. The Morgan fingerprint density at radius 2 is 2.09 bits per heavy atom. The first-order valence-corrected chi connectivity index (χ1v) is 7.17. The fraction of sp³-hybridized carbons (Fsp3) is 0.312. The van der Waals surface area contributed by atoms with Gasteiger partial charge in [0.1, 0.15) is 5.69 Å². The van der Waals surface area contributed by atoms with E-state index in [1.165, 1.54) is 0 Å². The standard InChI is InChI=1S/C16H19N5O/c1-12(22-3)10-21-8-7-17-16(21)15-6-4-5-14(19-15)13-9-18-20(2)11-13/h4-9,11-12H,10H2,1-3H3. The number of ether oxygens (including phenoxy) is 1. The van der Waals surface area contributed by atoms with Gasteiger partial charge in [0.25, 0.3) is 0 Å². The largest absolute Gasteiger partial charge is 0.380 e. The van der Waals surface area contributed by atoms with Crippen molar-refractivity contribution in [2.45, 2.75) is 19.6 Å². The first-order chi connectivity index (χ1) is 10.7. The first-order valence-electron chi connectivity index (χ1n) is 7.17. The molecule has 6 nitrogen and oxygen atoms in total. The van der Waals surface area contributed by atoms with E-state index in [-0.39, 0.29) is 6.10 Å². The Morgan fingerprint density at radius 1 is 1.27 bits per heavy atom. The van der Waals surface area contributed by atoms with Crippen molar-refractivity contribution in [1.82, 2.24) is 24.3 Å². The second-order valence-electron chi connectivity index (χ2n) is 5.26. The zero-order valence-corrected chi connectivity index (χ0v) is 13.0. The molecule has 0 aromatic carbocycles. The van der Waals surface area contributed by atoms with Gasteiger partial charge in [-0.3, -0.25) is 4.68 Å². The van der Waals surface area contributed by atoms with E-state index in [2.05, 4.69) is 14.6 Å². The number of hydrogen-bond acceptors (Lipinski definition) is 4. The third-order valence-corrected chi connectivity index (χ3v) is 3.55. The van der Waals surface area contributed by atoms with Crippen molar-refractivity contribution < 1.29 is 4.74 Å². The molecule has 0 bridgehead atoms. The van der Waals surface area contributed by atoms with Gasteiger partial charge in [0, 0.05) is 38.3 Å². The molecule has 0 saturated carbocycles. The second kappa shape index (κ2) is 6.11. The van der Waals surface area contributed by atoms with E-state index in [0.29, 0.717) is 0 Å². The number of imidazole rings is 1. The molecule has 0 N–H and O–H groups in total. The van der Waals surface area contributed by atoms with Crippen LogP contribution < -0.4 is 0 Å². The molecule has 3 aromatic rings. The molecule has 0 saturated heterocycles. The molecule has 0 aliphatic carbocycles. The summed E-state index contributed by atoms with van der Waals surface area (Å²) in [5, 5.41) is 4.19. The fourth-order valence-corrected chi connectivity index (χ4v) is 2.31. The number of rotatable bonds is 5. The van der Waals surface area contributed by atoms with Crippen LogP contribution in [0.1, 0.15) is 6.92 Å². The van der Waals surface area contributed by atoms with Crippen LogP contribution in [0, 0.1) is 0 Å². The SMILES string of the molecule is COC(C)Cn1ccnc1-c1cccc(-c2cnn(C)c2)n1. The van der Waals surface area contributed by atoms with Crippen LogP contribution in [0.15, 0.2) is 43.0 Å². The lowest BCUT2D eigenvalue weighted by Crippen LogP contribution is -2.15. The second-order valence-corrected chi connectivity index (χ2v) is 5.26. The third kappa shape index (κ3) is 2.92. The van der Waals surface area contributed by atoms with Crippen molar-refractivity contribution >= 4 is 0 Å². The van der Waals surface area contributed by atoms with E-state index in [0.717, 1.165) is 29.3 Å². The molecular formula is C16H19N5O. The minimum absolute atomic E-state index is 0.120. The number of aromatic nitrogens is 5. The molecule has 0 spiro atoms. The molecule has 6 heteroatoms. The molecule has 0 radical (unpaired) electrons. The maximum atomic E-state index is 5.33. The van der Waals surface area contributed by atoms with Gasteiger partial charge in [-0.1, -0.05) is 6.07 Å². The van der Waals surface area contributed by atoms with Gasteiger partial charge >= 0.3 is 0 Å². The van der Waals surface area contributed by atoms with Crippen molar-refractivity contribution in [3.05, 3.63) is 43.0 Å². The predicted octanol–water partition coefficient (Wildman–Crippen LogP) is 2.38. The lowest BCUT2D eigenvalue weighted by molar-refractivity contribution is 0.103. The summed E-state index contributed by atoms with van der Waals surface area (Å²) in [5.74, 6) is 0.842. The van der Waals surface area contributed by atoms with Crippen molar-refractivity contribution in [3.63, 3.8) is 0 Å². The van der Waals surface area contributed by atoms with Crippen LogP contribution in [0.25, 0.3) is 22.8 Å². The average Bonchev–Trinajstić information content (AvgIpc) is 3.16. The molecule has 1 unspecified atom stereocenters. The Bertz CT molecular complexity index is 761. The zero-order chi connectivity index (χ0) is 15.5. The molecule has 3 rings (SSSR count). The Balaban J connectivity index is 1.94. The lowest BCUT2D eigenvalue weighted by Gasteiger charge is -2.12. The van der Waals surface area contributed by atoms with Crippen molar-refractivity contribution in [1.29, 1.82) is 0 Å². The highest BCUT2D eigenvalue weighted by Gasteiger charge is 2.11. The molecule has 0 aliphatic rings. The Labute approximate surface area is 129 Å². The number of hydrogen-bond donors (Lipinski definition) is 0. The van der Waals surface area contributed by atoms with Crippen molar-refractivity contribution in [3.8, 4) is 22.8 Å². The summed E-state index contributed by atoms with van der Waals surface area (Å²) in [6, 6.07) is 5.94. The van der Waals surface area contributed by atoms with Gasteiger partial charge in [0.15, 0.2) is 5.82 Å². The van der Waals surface area contributed by atoms with Gasteiger partial charge < -0.3 is 9.30 Å². The number of pyridine rings is 1. The topological polar surface area (TPSA) is 57.8 Å². The fourth-order valence-electron chi connectivity index (χ4n) is 2.31. The summed E-state index contributed by atoms with van der Waals surface area (Å²) in [6.07, 6.45) is 7.62. The zero-order valence-electron chi connectivity index (χ0n) is 13.0. The maximum absolute atomic E-state index is 5.33. The average molecular weight is 297 g/mol. The highest BCUT2D eigenvalue weighted by atomic mass is 16.5.